The Kier molecular flexibility index (Phi) is 10.1. The van der Waals surface area contributed by atoms with E-state index in [0.717, 1.165) is 0 Å². The van der Waals surface area contributed by atoms with E-state index in [1.54, 1.807) is 38.1 Å². The monoisotopic (exact) mass is 772 g/mol. The minimum absolute atomic E-state index is 0.0795. The van der Waals surface area contributed by atoms with Gasteiger partial charge in [-0.2, -0.15) is 0 Å². The Morgan fingerprint density at radius 1 is 0.667 bits per heavy atom. The summed E-state index contributed by atoms with van der Waals surface area (Å²) in [6, 6.07) is 25.6. The van der Waals surface area contributed by atoms with E-state index < -0.39 is 33.6 Å². The van der Waals surface area contributed by atoms with Crippen LogP contribution in [0.2, 0.25) is 0 Å². The highest BCUT2D eigenvalue weighted by Crippen LogP contribution is 2.58. The summed E-state index contributed by atoms with van der Waals surface area (Å²) in [5, 5.41) is 22.1. The Morgan fingerprint density at radius 2 is 1.11 bits per heavy atom. The van der Waals surface area contributed by atoms with Gasteiger partial charge in [-0.15, -0.1) is 0 Å². The van der Waals surface area contributed by atoms with Crippen LogP contribution < -0.4 is 14.5 Å². The van der Waals surface area contributed by atoms with E-state index >= 15 is 0 Å². The molecule has 0 unspecified atom stereocenters. The minimum atomic E-state index is -1.44. The van der Waals surface area contributed by atoms with Crippen molar-refractivity contribution in [3.05, 3.63) is 162 Å². The smallest absolute Gasteiger partial charge is 0.414 e. The first-order valence-corrected chi connectivity index (χ1v) is 18.0. The van der Waals surface area contributed by atoms with E-state index in [1.165, 1.54) is 58.3 Å². The van der Waals surface area contributed by atoms with Crippen molar-refractivity contribution in [2.45, 2.75) is 46.5 Å². The molecule has 1 spiro atoms. The Balaban J connectivity index is 1.24. The number of esters is 1. The van der Waals surface area contributed by atoms with Gasteiger partial charge >= 0.3 is 18.2 Å². The molecule has 0 aliphatic carbocycles. The van der Waals surface area contributed by atoms with E-state index in [2.05, 4.69) is 0 Å². The van der Waals surface area contributed by atoms with Crippen LogP contribution in [0.25, 0.3) is 0 Å². The lowest BCUT2D eigenvalue weighted by Crippen LogP contribution is -2.36. The first kappa shape index (κ1) is 38.0. The molecule has 5 aromatic carbocycles. The number of anilines is 2. The van der Waals surface area contributed by atoms with Crippen molar-refractivity contribution in [2.24, 2.45) is 0 Å². The fourth-order valence-electron chi connectivity index (χ4n) is 7.21. The summed E-state index contributed by atoms with van der Waals surface area (Å²) in [7, 11) is 0. The molecule has 0 saturated carbocycles. The van der Waals surface area contributed by atoms with Crippen molar-refractivity contribution in [2.75, 3.05) is 22.9 Å². The Hall–Kier alpha value is -7.29. The van der Waals surface area contributed by atoms with Gasteiger partial charge in [0.15, 0.2) is 5.60 Å². The average molecular weight is 773 g/mol. The summed E-state index contributed by atoms with van der Waals surface area (Å²) < 4.78 is 24.3. The second-order valence-corrected chi connectivity index (χ2v) is 13.4. The highest BCUT2D eigenvalue weighted by atomic mass is 16.6. The maximum atomic E-state index is 13.6. The van der Waals surface area contributed by atoms with Gasteiger partial charge in [-0.25, -0.2) is 14.4 Å². The molecule has 290 valence electrons. The van der Waals surface area contributed by atoms with Crippen molar-refractivity contribution < 1.29 is 43.2 Å². The third-order valence-corrected chi connectivity index (χ3v) is 10.0. The molecule has 5 aromatic rings. The van der Waals surface area contributed by atoms with Crippen molar-refractivity contribution in [3.8, 4) is 11.5 Å². The number of amides is 2. The van der Waals surface area contributed by atoms with Gasteiger partial charge in [0.05, 0.1) is 26.8 Å². The van der Waals surface area contributed by atoms with Crippen LogP contribution in [0.5, 0.6) is 11.5 Å². The molecule has 2 heterocycles. The van der Waals surface area contributed by atoms with Gasteiger partial charge in [0.2, 0.25) is 0 Å². The van der Waals surface area contributed by atoms with Gasteiger partial charge in [-0.1, -0.05) is 18.2 Å². The molecular weight excluding hydrogens is 736 g/mol. The number of hydrogen-bond donors (Lipinski definition) is 0. The van der Waals surface area contributed by atoms with Gasteiger partial charge in [0.1, 0.15) is 24.7 Å². The molecule has 7 rings (SSSR count). The van der Waals surface area contributed by atoms with Crippen molar-refractivity contribution in [3.63, 3.8) is 0 Å². The molecule has 0 N–H and O–H groups in total. The highest BCUT2D eigenvalue weighted by Gasteiger charge is 2.54. The van der Waals surface area contributed by atoms with Crippen LogP contribution in [0.1, 0.15) is 63.1 Å². The quantitative estimate of drug-likeness (QED) is 0.0572. The largest absolute Gasteiger partial charge is 0.456 e. The summed E-state index contributed by atoms with van der Waals surface area (Å²) in [6.07, 6.45) is -1.32. The lowest BCUT2D eigenvalue weighted by molar-refractivity contribution is -0.385. The number of nitro groups is 2. The number of fused-ring (bicyclic) bond motifs is 6. The lowest BCUT2D eigenvalue weighted by Gasteiger charge is -2.38. The summed E-state index contributed by atoms with van der Waals surface area (Å²) in [5.74, 6) is 0.0727. The predicted molar refractivity (Wildman–Crippen MR) is 207 cm³/mol. The Morgan fingerprint density at radius 3 is 1.53 bits per heavy atom. The normalized spacial score (nSPS) is 13.0. The third kappa shape index (κ3) is 6.83. The highest BCUT2D eigenvalue weighted by molar-refractivity contribution is 5.98. The molecule has 0 fully saturated rings. The standard InChI is InChI=1S/C42H36N4O11/c1-5-43(40(48)54-23-27-11-15-29(16-12-27)45(50)51)35-21-37-33(19-25(35)3)42(32-10-8-7-9-31(32)39(47)57-42)34-20-26(4)36(22-38(34)56-37)44(6-2)41(49)55-24-28-13-17-30(18-14-28)46(52)53/h7-22H,5-6,23-24H2,1-4H3. The molecule has 0 bridgehead atoms. The van der Waals surface area contributed by atoms with Gasteiger partial charge in [0.25, 0.3) is 11.4 Å². The second-order valence-electron chi connectivity index (χ2n) is 13.4. The molecular formula is C42H36N4O11. The van der Waals surface area contributed by atoms with Crippen LogP contribution in [-0.2, 0) is 33.0 Å². The van der Waals surface area contributed by atoms with E-state index in [-0.39, 0.29) is 37.7 Å². The molecule has 0 aromatic heterocycles. The lowest BCUT2D eigenvalue weighted by atomic mass is 9.76. The van der Waals surface area contributed by atoms with Crippen molar-refractivity contribution in [1.82, 2.24) is 0 Å². The number of hydrogen-bond acceptors (Lipinski definition) is 11. The maximum Gasteiger partial charge on any atom is 0.414 e. The number of nitrogens with zero attached hydrogens (tertiary/aromatic N) is 4. The van der Waals surface area contributed by atoms with Crippen molar-refractivity contribution >= 4 is 40.9 Å². The second kappa shape index (κ2) is 15.1. The predicted octanol–water partition coefficient (Wildman–Crippen LogP) is 9.01. The van der Waals surface area contributed by atoms with Gasteiger partial charge in [-0.3, -0.25) is 30.0 Å². The van der Waals surface area contributed by atoms with Crippen LogP contribution in [0.4, 0.5) is 32.3 Å². The van der Waals surface area contributed by atoms with Crippen LogP contribution in [0.15, 0.2) is 97.1 Å². The Labute approximate surface area is 326 Å². The summed E-state index contributed by atoms with van der Waals surface area (Å²) in [6.45, 7) is 7.41. The zero-order valence-corrected chi connectivity index (χ0v) is 31.3. The van der Waals surface area contributed by atoms with Crippen LogP contribution in [0, 0.1) is 34.1 Å². The molecule has 0 radical (unpaired) electrons. The number of non-ortho nitro benzene ring substituents is 2. The first-order valence-electron chi connectivity index (χ1n) is 18.0. The van der Waals surface area contributed by atoms with E-state index in [1.807, 2.05) is 38.1 Å². The van der Waals surface area contributed by atoms with Crippen molar-refractivity contribution in [1.29, 1.82) is 0 Å². The van der Waals surface area contributed by atoms with E-state index in [4.69, 9.17) is 18.9 Å². The number of benzene rings is 5. The average Bonchev–Trinajstić information content (AvgIpc) is 3.50. The molecule has 57 heavy (non-hydrogen) atoms. The number of rotatable bonds is 10. The molecule has 2 aliphatic heterocycles. The number of nitro benzene ring substituents is 2. The number of ether oxygens (including phenoxy) is 4. The molecule has 15 nitrogen and oxygen atoms in total. The SMILES string of the molecule is CCN(C(=O)OCc1ccc([N+](=O)[O-])cc1)c1cc2c(cc1C)C1(OC(=O)c3ccccc31)c1cc(C)c(N(CC)C(=O)OCc3ccc([N+](=O)[O-])cc3)cc1O2. The zero-order valence-electron chi connectivity index (χ0n) is 31.3. The number of carbonyl (C=O) groups excluding carboxylic acids is 3. The fraction of sp³-hybridized carbons (Fsp3) is 0.214. The van der Waals surface area contributed by atoms with Crippen LogP contribution in [0.3, 0.4) is 0 Å². The number of carbonyl (C=O) groups is 3. The topological polar surface area (TPSA) is 181 Å². The summed E-state index contributed by atoms with van der Waals surface area (Å²) >= 11 is 0. The first-order chi connectivity index (χ1) is 27.4. The number of aryl methyl sites for hydroxylation is 2. The van der Waals surface area contributed by atoms with Crippen LogP contribution in [-0.4, -0.2) is 41.1 Å². The summed E-state index contributed by atoms with van der Waals surface area (Å²) in [4.78, 5) is 64.6. The Bertz CT molecular complexity index is 2310. The molecule has 0 atom stereocenters. The van der Waals surface area contributed by atoms with Crippen LogP contribution >= 0.6 is 0 Å². The molecule has 0 saturated heterocycles. The molecule has 2 aliphatic rings. The molecule has 15 heteroatoms. The van der Waals surface area contributed by atoms with E-state index in [0.29, 0.717) is 67.4 Å². The van der Waals surface area contributed by atoms with E-state index in [9.17, 15) is 34.6 Å². The zero-order chi connectivity index (χ0) is 40.6. The third-order valence-electron chi connectivity index (χ3n) is 10.0. The van der Waals surface area contributed by atoms with Gasteiger partial charge < -0.3 is 18.9 Å². The minimum Gasteiger partial charge on any atom is -0.456 e. The summed E-state index contributed by atoms with van der Waals surface area (Å²) in [5.41, 5.74) is 3.86. The maximum absolute atomic E-state index is 13.6. The van der Waals surface area contributed by atoms with Gasteiger partial charge in [0, 0.05) is 66.2 Å². The van der Waals surface area contributed by atoms with Gasteiger partial charge in [-0.05, 0) is 92.4 Å². The molecule has 2 amide bonds. The fourth-order valence-corrected chi connectivity index (χ4v) is 7.21.